The van der Waals surface area contributed by atoms with E-state index in [1.807, 2.05) is 18.2 Å². The highest BCUT2D eigenvalue weighted by Crippen LogP contribution is 2.41. The number of amides is 1. The van der Waals surface area contributed by atoms with Crippen LogP contribution in [0.1, 0.15) is 36.4 Å². The number of likely N-dealkylation sites (tertiary alicyclic amines) is 1. The van der Waals surface area contributed by atoms with Gasteiger partial charge in [-0.2, -0.15) is 0 Å². The van der Waals surface area contributed by atoms with Gasteiger partial charge >= 0.3 is 5.97 Å². The lowest BCUT2D eigenvalue weighted by atomic mass is 10.1. The van der Waals surface area contributed by atoms with Crippen molar-refractivity contribution in [3.05, 3.63) is 34.3 Å². The van der Waals surface area contributed by atoms with Gasteiger partial charge in [-0.05, 0) is 42.5 Å². The van der Waals surface area contributed by atoms with Gasteiger partial charge < -0.3 is 9.64 Å². The van der Waals surface area contributed by atoms with Crippen LogP contribution in [0.4, 0.5) is 0 Å². The molecule has 0 saturated carbocycles. The number of esters is 1. The van der Waals surface area contributed by atoms with Crippen LogP contribution in [-0.4, -0.2) is 29.9 Å². The molecule has 1 heterocycles. The number of benzene rings is 1. The van der Waals surface area contributed by atoms with Gasteiger partial charge in [-0.15, -0.1) is 0 Å². The van der Waals surface area contributed by atoms with Crippen molar-refractivity contribution in [1.82, 2.24) is 4.90 Å². The van der Waals surface area contributed by atoms with Gasteiger partial charge in [0.05, 0.1) is 13.2 Å². The predicted octanol–water partition coefficient (Wildman–Crippen LogP) is 2.49. The quantitative estimate of drug-likeness (QED) is 0.787. The molecule has 2 atom stereocenters. The molecule has 2 unspecified atom stereocenters. The summed E-state index contributed by atoms with van der Waals surface area (Å²) in [6.07, 6.45) is 2.70. The lowest BCUT2D eigenvalue weighted by molar-refractivity contribution is -0.150. The lowest BCUT2D eigenvalue weighted by Crippen LogP contribution is -2.41. The Labute approximate surface area is 122 Å². The van der Waals surface area contributed by atoms with Gasteiger partial charge in [0.25, 0.3) is 0 Å². The van der Waals surface area contributed by atoms with E-state index < -0.39 is 6.04 Å². The molecule has 1 aromatic rings. The molecule has 1 aliphatic carbocycles. The van der Waals surface area contributed by atoms with E-state index >= 15 is 0 Å². The number of carbonyl (C=O) groups is 2. The molecular formula is C15H16ClNO3. The van der Waals surface area contributed by atoms with Crippen molar-refractivity contribution in [2.45, 2.75) is 37.8 Å². The second kappa shape index (κ2) is 5.09. The molecule has 0 radical (unpaired) electrons. The third kappa shape index (κ3) is 2.08. The molecular weight excluding hydrogens is 278 g/mol. The van der Waals surface area contributed by atoms with E-state index in [1.165, 1.54) is 12.7 Å². The molecule has 1 saturated heterocycles. The van der Waals surface area contributed by atoms with Crippen molar-refractivity contribution in [3.63, 3.8) is 0 Å². The van der Waals surface area contributed by atoms with Crippen LogP contribution in [0.15, 0.2) is 18.2 Å². The van der Waals surface area contributed by atoms with Gasteiger partial charge in [0.15, 0.2) is 0 Å². The minimum atomic E-state index is -0.456. The number of hydrogen-bond donors (Lipinski definition) is 0. The summed E-state index contributed by atoms with van der Waals surface area (Å²) in [5, 5.41) is 0.664. The molecule has 4 nitrogen and oxygen atoms in total. The zero-order valence-electron chi connectivity index (χ0n) is 11.3. The van der Waals surface area contributed by atoms with Crippen LogP contribution >= 0.6 is 11.6 Å². The van der Waals surface area contributed by atoms with Gasteiger partial charge in [-0.1, -0.05) is 17.7 Å². The molecule has 1 fully saturated rings. The summed E-state index contributed by atoms with van der Waals surface area (Å²) in [7, 11) is 1.36. The fourth-order valence-corrected chi connectivity index (χ4v) is 3.48. The van der Waals surface area contributed by atoms with Crippen molar-refractivity contribution >= 4 is 23.5 Å². The normalized spacial score (nSPS) is 24.9. The molecule has 20 heavy (non-hydrogen) atoms. The predicted molar refractivity (Wildman–Crippen MR) is 74.4 cm³/mol. The minimum Gasteiger partial charge on any atom is -0.467 e. The van der Waals surface area contributed by atoms with Gasteiger partial charge in [0, 0.05) is 11.4 Å². The summed E-state index contributed by atoms with van der Waals surface area (Å²) in [5.74, 6) is -0.301. The Kier molecular flexibility index (Phi) is 3.42. The standard InChI is InChI=1S/C15H16ClNO3/c1-20-15(19)13-6-7-14(18)17(13)12-5-3-9-2-4-10(16)8-11(9)12/h2,4,8,12-13H,3,5-7H2,1H3. The van der Waals surface area contributed by atoms with E-state index in [-0.39, 0.29) is 17.9 Å². The second-order valence-electron chi connectivity index (χ2n) is 5.28. The fraction of sp³-hybridized carbons (Fsp3) is 0.467. The van der Waals surface area contributed by atoms with E-state index in [2.05, 4.69) is 0 Å². The number of carbonyl (C=O) groups excluding carboxylic acids is 2. The second-order valence-corrected chi connectivity index (χ2v) is 5.71. The van der Waals surface area contributed by atoms with Crippen LogP contribution in [0.3, 0.4) is 0 Å². The number of halogens is 1. The largest absolute Gasteiger partial charge is 0.467 e. The zero-order chi connectivity index (χ0) is 14.3. The Morgan fingerprint density at radius 3 is 2.90 bits per heavy atom. The summed E-state index contributed by atoms with van der Waals surface area (Å²) in [6, 6.07) is 5.27. The van der Waals surface area contributed by atoms with Gasteiger partial charge in [0.1, 0.15) is 6.04 Å². The van der Waals surface area contributed by atoms with Crippen molar-refractivity contribution in [2.75, 3.05) is 7.11 Å². The molecule has 0 aromatic heterocycles. The van der Waals surface area contributed by atoms with Crippen molar-refractivity contribution in [1.29, 1.82) is 0 Å². The summed E-state index contributed by atoms with van der Waals surface area (Å²) >= 11 is 6.06. The maximum atomic E-state index is 12.2. The SMILES string of the molecule is COC(=O)C1CCC(=O)N1C1CCc2ccc(Cl)cc21. The Balaban J connectivity index is 1.95. The minimum absolute atomic E-state index is 0.0261. The third-order valence-electron chi connectivity index (χ3n) is 4.22. The first-order chi connectivity index (χ1) is 9.61. The van der Waals surface area contributed by atoms with E-state index in [4.69, 9.17) is 16.3 Å². The molecule has 0 N–H and O–H groups in total. The average molecular weight is 294 g/mol. The number of hydrogen-bond acceptors (Lipinski definition) is 3. The summed E-state index contributed by atoms with van der Waals surface area (Å²) < 4.78 is 4.83. The molecule has 1 amide bonds. The summed E-state index contributed by atoms with van der Waals surface area (Å²) in [6.45, 7) is 0. The van der Waals surface area contributed by atoms with Gasteiger partial charge in [-0.3, -0.25) is 4.79 Å². The Morgan fingerprint density at radius 2 is 2.15 bits per heavy atom. The van der Waals surface area contributed by atoms with Crippen LogP contribution in [0.25, 0.3) is 0 Å². The van der Waals surface area contributed by atoms with Crippen molar-refractivity contribution in [2.24, 2.45) is 0 Å². The topological polar surface area (TPSA) is 46.6 Å². The number of methoxy groups -OCH3 is 1. The van der Waals surface area contributed by atoms with Crippen LogP contribution in [0.2, 0.25) is 5.02 Å². The number of fused-ring (bicyclic) bond motifs is 1. The maximum Gasteiger partial charge on any atom is 0.328 e. The molecule has 5 heteroatoms. The fourth-order valence-electron chi connectivity index (χ4n) is 3.30. The van der Waals surface area contributed by atoms with E-state index in [1.54, 1.807) is 4.90 Å². The van der Waals surface area contributed by atoms with Gasteiger partial charge in [-0.25, -0.2) is 4.79 Å². The Bertz CT molecular complexity index is 572. The average Bonchev–Trinajstić information content (AvgIpc) is 3.01. The van der Waals surface area contributed by atoms with Crippen LogP contribution in [-0.2, 0) is 20.7 Å². The first-order valence-electron chi connectivity index (χ1n) is 6.79. The highest BCUT2D eigenvalue weighted by molar-refractivity contribution is 6.30. The lowest BCUT2D eigenvalue weighted by Gasteiger charge is -2.30. The highest BCUT2D eigenvalue weighted by Gasteiger charge is 2.43. The van der Waals surface area contributed by atoms with Crippen molar-refractivity contribution < 1.29 is 14.3 Å². The van der Waals surface area contributed by atoms with E-state index in [0.29, 0.717) is 17.9 Å². The third-order valence-corrected chi connectivity index (χ3v) is 4.45. The van der Waals surface area contributed by atoms with Gasteiger partial charge in [0.2, 0.25) is 5.91 Å². The molecule has 2 aliphatic rings. The van der Waals surface area contributed by atoms with E-state index in [9.17, 15) is 9.59 Å². The van der Waals surface area contributed by atoms with Crippen molar-refractivity contribution in [3.8, 4) is 0 Å². The Hall–Kier alpha value is -1.55. The molecule has 0 bridgehead atoms. The molecule has 106 valence electrons. The number of ether oxygens (including phenoxy) is 1. The van der Waals surface area contributed by atoms with Crippen LogP contribution < -0.4 is 0 Å². The number of aryl methyl sites for hydroxylation is 1. The first-order valence-corrected chi connectivity index (χ1v) is 7.17. The monoisotopic (exact) mass is 293 g/mol. The zero-order valence-corrected chi connectivity index (χ0v) is 12.0. The molecule has 1 aromatic carbocycles. The smallest absolute Gasteiger partial charge is 0.328 e. The Morgan fingerprint density at radius 1 is 1.35 bits per heavy atom. The summed E-state index contributed by atoms with van der Waals surface area (Å²) in [5.41, 5.74) is 2.28. The van der Waals surface area contributed by atoms with Crippen LogP contribution in [0, 0.1) is 0 Å². The number of nitrogens with zero attached hydrogens (tertiary/aromatic N) is 1. The number of rotatable bonds is 2. The van der Waals surface area contributed by atoms with E-state index in [0.717, 1.165) is 18.4 Å². The molecule has 1 aliphatic heterocycles. The molecule has 0 spiro atoms. The maximum absolute atomic E-state index is 12.2. The highest BCUT2D eigenvalue weighted by atomic mass is 35.5. The first kappa shape index (κ1) is 13.4. The van der Waals surface area contributed by atoms with Crippen LogP contribution in [0.5, 0.6) is 0 Å². The molecule has 3 rings (SSSR count). The summed E-state index contributed by atoms with van der Waals surface area (Å²) in [4.78, 5) is 25.7.